The Morgan fingerprint density at radius 3 is 1.98 bits per heavy atom. The van der Waals surface area contributed by atoms with E-state index in [2.05, 4.69) is 29.6 Å². The van der Waals surface area contributed by atoms with Crippen LogP contribution in [0.5, 0.6) is 17.2 Å². The third-order valence-electron chi connectivity index (χ3n) is 7.29. The van der Waals surface area contributed by atoms with E-state index in [1.54, 1.807) is 38.3 Å². The molecule has 0 radical (unpaired) electrons. The van der Waals surface area contributed by atoms with Crippen LogP contribution in [-0.2, 0) is 13.2 Å². The van der Waals surface area contributed by atoms with E-state index < -0.39 is 11.8 Å². The molecule has 9 heteroatoms. The third-order valence-corrected chi connectivity index (χ3v) is 7.29. The largest absolute Gasteiger partial charge is 0.497 e. The van der Waals surface area contributed by atoms with Crippen LogP contribution in [-0.4, -0.2) is 30.6 Å². The summed E-state index contributed by atoms with van der Waals surface area (Å²) in [5.41, 5.74) is 3.83. The fourth-order valence-electron chi connectivity index (χ4n) is 4.84. The maximum atomic E-state index is 13.5. The van der Waals surface area contributed by atoms with Gasteiger partial charge in [-0.15, -0.1) is 0 Å². The van der Waals surface area contributed by atoms with Crippen molar-refractivity contribution in [2.75, 3.05) is 19.0 Å². The molecule has 0 aliphatic rings. The van der Waals surface area contributed by atoms with Crippen molar-refractivity contribution in [1.29, 1.82) is 0 Å². The molecule has 0 aliphatic heterocycles. The summed E-state index contributed by atoms with van der Waals surface area (Å²) in [6, 6.07) is 30.1. The van der Waals surface area contributed by atoms with Gasteiger partial charge in [0.15, 0.2) is 11.5 Å². The molecule has 46 heavy (non-hydrogen) atoms. The minimum Gasteiger partial charge on any atom is -0.497 e. The monoisotopic (exact) mass is 619 g/mol. The van der Waals surface area contributed by atoms with Crippen LogP contribution < -0.4 is 24.8 Å². The molecule has 5 rings (SSSR count). The van der Waals surface area contributed by atoms with Crippen LogP contribution in [0, 0.1) is 0 Å². The lowest BCUT2D eigenvalue weighted by atomic mass is 9.97. The lowest BCUT2D eigenvalue weighted by Gasteiger charge is -2.19. The van der Waals surface area contributed by atoms with Gasteiger partial charge in [-0.1, -0.05) is 79.7 Å². The quantitative estimate of drug-likeness (QED) is 0.139. The van der Waals surface area contributed by atoms with Crippen LogP contribution >= 0.6 is 0 Å². The van der Waals surface area contributed by atoms with Gasteiger partial charge in [-0.25, -0.2) is 0 Å². The highest BCUT2D eigenvalue weighted by Crippen LogP contribution is 2.43. The van der Waals surface area contributed by atoms with E-state index in [1.807, 2.05) is 72.8 Å². The fraction of sp³-hybridized carbons (Fsp3) is 0.216. The highest BCUT2D eigenvalue weighted by Gasteiger charge is 2.28. The molecule has 0 fully saturated rings. The molecule has 5 aromatic rings. The number of aromatic nitrogens is 1. The average molecular weight is 620 g/mol. The predicted molar refractivity (Wildman–Crippen MR) is 177 cm³/mol. The lowest BCUT2D eigenvalue weighted by Crippen LogP contribution is -2.25. The summed E-state index contributed by atoms with van der Waals surface area (Å²) in [6.45, 7) is 6.91. The van der Waals surface area contributed by atoms with Crippen LogP contribution in [0.15, 0.2) is 102 Å². The summed E-state index contributed by atoms with van der Waals surface area (Å²) < 4.78 is 23.8. The first-order valence-electron chi connectivity index (χ1n) is 15.1. The SMILES string of the molecule is CCNC(=O)c1noc(-c2cc(C(C)C)c(OCc3ccccc3)cc2OCc2ccccc2)c1NC(=O)c1ccc(OC)cc1. The van der Waals surface area contributed by atoms with Crippen molar-refractivity contribution in [3.63, 3.8) is 0 Å². The Kier molecular flexibility index (Phi) is 10.3. The van der Waals surface area contributed by atoms with E-state index in [0.29, 0.717) is 41.5 Å². The number of hydrogen-bond donors (Lipinski definition) is 2. The second-order valence-corrected chi connectivity index (χ2v) is 10.9. The Balaban J connectivity index is 1.60. The smallest absolute Gasteiger partial charge is 0.275 e. The number of carbonyl (C=O) groups excluding carboxylic acids is 2. The zero-order valence-corrected chi connectivity index (χ0v) is 26.3. The van der Waals surface area contributed by atoms with E-state index in [1.165, 1.54) is 0 Å². The second-order valence-electron chi connectivity index (χ2n) is 10.9. The van der Waals surface area contributed by atoms with Crippen molar-refractivity contribution < 1.29 is 28.3 Å². The topological polar surface area (TPSA) is 112 Å². The van der Waals surface area contributed by atoms with Crippen molar-refractivity contribution in [3.05, 3.63) is 125 Å². The van der Waals surface area contributed by atoms with Crippen LogP contribution in [0.2, 0.25) is 0 Å². The molecule has 0 spiro atoms. The van der Waals surface area contributed by atoms with Gasteiger partial charge in [0, 0.05) is 18.2 Å². The standard InChI is InChI=1S/C37H37N3O6/c1-5-38-37(42)34-33(39-36(41)27-16-18-28(43-4)19-17-27)35(46-40-34)30-20-29(24(2)3)31(44-22-25-12-8-6-9-13-25)21-32(30)45-23-26-14-10-7-11-15-26/h6-21,24H,5,22-23H2,1-4H3,(H,38,42)(H,39,41). The molecular weight excluding hydrogens is 582 g/mol. The first-order valence-corrected chi connectivity index (χ1v) is 15.1. The van der Waals surface area contributed by atoms with Gasteiger partial charge in [0.2, 0.25) is 0 Å². The molecule has 0 aliphatic carbocycles. The maximum absolute atomic E-state index is 13.5. The van der Waals surface area contributed by atoms with Gasteiger partial charge >= 0.3 is 0 Å². The number of methoxy groups -OCH3 is 1. The van der Waals surface area contributed by atoms with Crippen LogP contribution in [0.25, 0.3) is 11.3 Å². The summed E-state index contributed by atoms with van der Waals surface area (Å²) in [6.07, 6.45) is 0. The second kappa shape index (κ2) is 14.9. The number of ether oxygens (including phenoxy) is 3. The van der Waals surface area contributed by atoms with Crippen LogP contribution in [0.4, 0.5) is 5.69 Å². The molecule has 0 bridgehead atoms. The Morgan fingerprint density at radius 2 is 1.41 bits per heavy atom. The summed E-state index contributed by atoms with van der Waals surface area (Å²) >= 11 is 0. The fourth-order valence-corrected chi connectivity index (χ4v) is 4.84. The molecule has 236 valence electrons. The van der Waals surface area contributed by atoms with Crippen molar-refractivity contribution in [2.45, 2.75) is 39.9 Å². The number of hydrogen-bond acceptors (Lipinski definition) is 7. The normalized spacial score (nSPS) is 10.8. The molecule has 9 nitrogen and oxygen atoms in total. The molecule has 2 amide bonds. The number of benzene rings is 4. The average Bonchev–Trinajstić information content (AvgIpc) is 3.50. The first-order chi connectivity index (χ1) is 22.4. The van der Waals surface area contributed by atoms with E-state index in [-0.39, 0.29) is 29.7 Å². The molecule has 0 atom stereocenters. The molecule has 0 saturated carbocycles. The van der Waals surface area contributed by atoms with Crippen LogP contribution in [0.3, 0.4) is 0 Å². The van der Waals surface area contributed by atoms with Gasteiger partial charge in [-0.2, -0.15) is 0 Å². The van der Waals surface area contributed by atoms with Gasteiger partial charge in [0.05, 0.1) is 12.7 Å². The third kappa shape index (κ3) is 7.55. The molecule has 0 saturated heterocycles. The van der Waals surface area contributed by atoms with Crippen molar-refractivity contribution in [1.82, 2.24) is 10.5 Å². The zero-order valence-electron chi connectivity index (χ0n) is 26.3. The Labute approximate surface area is 268 Å². The zero-order chi connectivity index (χ0) is 32.5. The van der Waals surface area contributed by atoms with Gasteiger partial charge in [-0.05, 0) is 59.9 Å². The molecule has 4 aromatic carbocycles. The van der Waals surface area contributed by atoms with E-state index in [0.717, 1.165) is 16.7 Å². The molecular formula is C37H37N3O6. The summed E-state index contributed by atoms with van der Waals surface area (Å²) in [5.74, 6) is 1.00. The first kappa shape index (κ1) is 31.8. The molecule has 1 heterocycles. The number of amides is 2. The van der Waals surface area contributed by atoms with Crippen LogP contribution in [0.1, 0.15) is 64.2 Å². The van der Waals surface area contributed by atoms with Gasteiger partial charge in [-0.3, -0.25) is 9.59 Å². The lowest BCUT2D eigenvalue weighted by molar-refractivity contribution is 0.0947. The summed E-state index contributed by atoms with van der Waals surface area (Å²) in [7, 11) is 1.55. The van der Waals surface area contributed by atoms with E-state index in [4.69, 9.17) is 18.7 Å². The van der Waals surface area contributed by atoms with Crippen molar-refractivity contribution in [3.8, 4) is 28.6 Å². The molecule has 2 N–H and O–H groups in total. The highest BCUT2D eigenvalue weighted by atomic mass is 16.5. The molecule has 0 unspecified atom stereocenters. The van der Waals surface area contributed by atoms with Crippen molar-refractivity contribution >= 4 is 17.5 Å². The Bertz CT molecular complexity index is 1770. The minimum absolute atomic E-state index is 0.0517. The number of rotatable bonds is 13. The minimum atomic E-state index is -0.485. The Hall–Kier alpha value is -5.57. The predicted octanol–water partition coefficient (Wildman–Crippen LogP) is 7.63. The van der Waals surface area contributed by atoms with Crippen molar-refractivity contribution in [2.24, 2.45) is 0 Å². The number of nitrogens with zero attached hydrogens (tertiary/aromatic N) is 1. The number of carbonyl (C=O) groups is 2. The summed E-state index contributed by atoms with van der Waals surface area (Å²) in [5, 5.41) is 9.73. The summed E-state index contributed by atoms with van der Waals surface area (Å²) in [4.78, 5) is 26.6. The Morgan fingerprint density at radius 1 is 0.804 bits per heavy atom. The highest BCUT2D eigenvalue weighted by molar-refractivity contribution is 6.10. The van der Waals surface area contributed by atoms with Gasteiger partial charge in [0.25, 0.3) is 11.8 Å². The van der Waals surface area contributed by atoms with E-state index >= 15 is 0 Å². The van der Waals surface area contributed by atoms with E-state index in [9.17, 15) is 9.59 Å². The van der Waals surface area contributed by atoms with Gasteiger partial charge in [0.1, 0.15) is 36.1 Å². The maximum Gasteiger partial charge on any atom is 0.275 e. The molecule has 1 aromatic heterocycles. The van der Waals surface area contributed by atoms with Gasteiger partial charge < -0.3 is 29.4 Å². The number of anilines is 1. The number of nitrogens with one attached hydrogen (secondary N) is 2.